The number of hydrogen-bond acceptors (Lipinski definition) is 5. The molecule has 2 aromatic carbocycles. The molecular weight excluding hydrogens is 416 g/mol. The molecule has 1 aliphatic heterocycles. The summed E-state index contributed by atoms with van der Waals surface area (Å²) in [6, 6.07) is 19.7. The van der Waals surface area contributed by atoms with Crippen LogP contribution < -0.4 is 5.32 Å². The molecular formula is C23H23ClN4OS. The maximum Gasteiger partial charge on any atom is 0.253 e. The Labute approximate surface area is 185 Å². The smallest absolute Gasteiger partial charge is 0.253 e. The first-order valence-electron chi connectivity index (χ1n) is 9.92. The SMILES string of the molecule is CC1CN(C(=O)c2cccc(CSc3ccc(-c4ccc(Cl)cc4)nn3)c2)CCN1. The van der Waals surface area contributed by atoms with Crippen LogP contribution in [0.1, 0.15) is 22.8 Å². The van der Waals surface area contributed by atoms with E-state index in [4.69, 9.17) is 11.6 Å². The first-order valence-corrected chi connectivity index (χ1v) is 11.3. The van der Waals surface area contributed by atoms with Gasteiger partial charge in [0.15, 0.2) is 0 Å². The Balaban J connectivity index is 1.38. The lowest BCUT2D eigenvalue weighted by molar-refractivity contribution is 0.0709. The summed E-state index contributed by atoms with van der Waals surface area (Å²) >= 11 is 7.55. The molecule has 1 fully saturated rings. The van der Waals surface area contributed by atoms with Gasteiger partial charge in [-0.05, 0) is 48.9 Å². The molecule has 1 unspecified atom stereocenters. The zero-order valence-electron chi connectivity index (χ0n) is 16.7. The molecule has 5 nitrogen and oxygen atoms in total. The molecule has 0 radical (unpaired) electrons. The molecule has 154 valence electrons. The lowest BCUT2D eigenvalue weighted by atomic mass is 10.1. The van der Waals surface area contributed by atoms with Gasteiger partial charge in [-0.1, -0.05) is 47.6 Å². The molecule has 1 atom stereocenters. The largest absolute Gasteiger partial charge is 0.336 e. The van der Waals surface area contributed by atoms with E-state index in [9.17, 15) is 4.79 Å². The Morgan fingerprint density at radius 2 is 2.00 bits per heavy atom. The van der Waals surface area contributed by atoms with Gasteiger partial charge < -0.3 is 10.2 Å². The van der Waals surface area contributed by atoms with Crippen LogP contribution in [0.2, 0.25) is 5.02 Å². The quantitative estimate of drug-likeness (QED) is 0.593. The molecule has 7 heteroatoms. The van der Waals surface area contributed by atoms with Crippen molar-refractivity contribution in [3.05, 3.63) is 76.8 Å². The highest BCUT2D eigenvalue weighted by Gasteiger charge is 2.21. The number of thioether (sulfide) groups is 1. The minimum absolute atomic E-state index is 0.0994. The van der Waals surface area contributed by atoms with E-state index in [1.807, 2.05) is 65.6 Å². The van der Waals surface area contributed by atoms with Gasteiger partial charge in [-0.3, -0.25) is 4.79 Å². The molecule has 30 heavy (non-hydrogen) atoms. The van der Waals surface area contributed by atoms with Gasteiger partial charge in [0.1, 0.15) is 5.03 Å². The predicted octanol–water partition coefficient (Wildman–Crippen LogP) is 4.52. The number of nitrogens with one attached hydrogen (secondary N) is 1. The van der Waals surface area contributed by atoms with Crippen molar-refractivity contribution in [1.29, 1.82) is 0 Å². The lowest BCUT2D eigenvalue weighted by Gasteiger charge is -2.32. The number of halogens is 1. The minimum Gasteiger partial charge on any atom is -0.336 e. The third-order valence-corrected chi connectivity index (χ3v) is 6.24. The Kier molecular flexibility index (Phi) is 6.67. The van der Waals surface area contributed by atoms with E-state index in [0.717, 1.165) is 52.8 Å². The molecule has 1 amide bonds. The second-order valence-electron chi connectivity index (χ2n) is 7.36. The second kappa shape index (κ2) is 9.60. The monoisotopic (exact) mass is 438 g/mol. The fourth-order valence-corrected chi connectivity index (χ4v) is 4.31. The van der Waals surface area contributed by atoms with E-state index in [0.29, 0.717) is 11.1 Å². The highest BCUT2D eigenvalue weighted by molar-refractivity contribution is 7.98. The zero-order chi connectivity index (χ0) is 20.9. The average molecular weight is 439 g/mol. The number of hydrogen-bond donors (Lipinski definition) is 1. The number of nitrogens with zero attached hydrogens (tertiary/aromatic N) is 3. The molecule has 0 bridgehead atoms. The highest BCUT2D eigenvalue weighted by atomic mass is 35.5. The Morgan fingerprint density at radius 3 is 2.73 bits per heavy atom. The van der Waals surface area contributed by atoms with Crippen molar-refractivity contribution < 1.29 is 4.79 Å². The number of carbonyl (C=O) groups excluding carboxylic acids is 1. The van der Waals surface area contributed by atoms with E-state index >= 15 is 0 Å². The minimum atomic E-state index is 0.0994. The average Bonchev–Trinajstić information content (AvgIpc) is 2.78. The fourth-order valence-electron chi connectivity index (χ4n) is 3.42. The van der Waals surface area contributed by atoms with E-state index in [-0.39, 0.29) is 5.91 Å². The van der Waals surface area contributed by atoms with Crippen molar-refractivity contribution in [2.24, 2.45) is 0 Å². The van der Waals surface area contributed by atoms with E-state index in [2.05, 4.69) is 22.4 Å². The summed E-state index contributed by atoms with van der Waals surface area (Å²) in [5.74, 6) is 0.830. The second-order valence-corrected chi connectivity index (χ2v) is 8.79. The van der Waals surface area contributed by atoms with Crippen LogP contribution in [-0.4, -0.2) is 46.7 Å². The van der Waals surface area contributed by atoms with Crippen LogP contribution in [-0.2, 0) is 5.75 Å². The van der Waals surface area contributed by atoms with Gasteiger partial charge in [-0.25, -0.2) is 0 Å². The standard InChI is InChI=1S/C23H23ClN4OS/c1-16-14-28(12-11-25-16)23(29)19-4-2-3-17(13-19)15-30-22-10-9-21(26-27-22)18-5-7-20(24)8-6-18/h2-10,13,16,25H,11-12,14-15H2,1H3. The topological polar surface area (TPSA) is 58.1 Å². The molecule has 0 spiro atoms. The van der Waals surface area contributed by atoms with Crippen LogP contribution in [0.3, 0.4) is 0 Å². The number of aromatic nitrogens is 2. The first kappa shape index (κ1) is 20.8. The van der Waals surface area contributed by atoms with Gasteiger partial charge in [0.2, 0.25) is 0 Å². The zero-order valence-corrected chi connectivity index (χ0v) is 18.3. The van der Waals surface area contributed by atoms with E-state index < -0.39 is 0 Å². The van der Waals surface area contributed by atoms with E-state index in [1.54, 1.807) is 11.8 Å². The summed E-state index contributed by atoms with van der Waals surface area (Å²) in [5, 5.41) is 13.6. The molecule has 1 saturated heterocycles. The fraction of sp³-hybridized carbons (Fsp3) is 0.261. The van der Waals surface area contributed by atoms with Crippen molar-refractivity contribution in [3.8, 4) is 11.3 Å². The summed E-state index contributed by atoms with van der Waals surface area (Å²) in [4.78, 5) is 14.8. The van der Waals surface area contributed by atoms with Crippen LogP contribution in [0.5, 0.6) is 0 Å². The Morgan fingerprint density at radius 1 is 1.17 bits per heavy atom. The molecule has 1 aromatic heterocycles. The van der Waals surface area contributed by atoms with Gasteiger partial charge in [-0.2, -0.15) is 0 Å². The number of piperazine rings is 1. The van der Waals surface area contributed by atoms with Crippen molar-refractivity contribution in [1.82, 2.24) is 20.4 Å². The summed E-state index contributed by atoms with van der Waals surface area (Å²) in [5.41, 5.74) is 3.63. The molecule has 1 N–H and O–H groups in total. The molecule has 0 saturated carbocycles. The van der Waals surface area contributed by atoms with Crippen LogP contribution in [0, 0.1) is 0 Å². The van der Waals surface area contributed by atoms with Gasteiger partial charge in [0.25, 0.3) is 5.91 Å². The first-order chi connectivity index (χ1) is 14.6. The third kappa shape index (κ3) is 5.19. The van der Waals surface area contributed by atoms with Crippen molar-refractivity contribution in [2.75, 3.05) is 19.6 Å². The third-order valence-electron chi connectivity index (χ3n) is 5.00. The summed E-state index contributed by atoms with van der Waals surface area (Å²) in [6.07, 6.45) is 0. The number of amides is 1. The van der Waals surface area contributed by atoms with Crippen LogP contribution in [0.15, 0.2) is 65.7 Å². The summed E-state index contributed by atoms with van der Waals surface area (Å²) in [7, 11) is 0. The Hall–Kier alpha value is -2.41. The molecule has 3 aromatic rings. The maximum atomic E-state index is 12.8. The highest BCUT2D eigenvalue weighted by Crippen LogP contribution is 2.24. The van der Waals surface area contributed by atoms with Gasteiger partial charge in [0, 0.05) is 47.6 Å². The van der Waals surface area contributed by atoms with Crippen LogP contribution in [0.4, 0.5) is 0 Å². The van der Waals surface area contributed by atoms with Crippen LogP contribution >= 0.6 is 23.4 Å². The number of benzene rings is 2. The van der Waals surface area contributed by atoms with Crippen molar-refractivity contribution in [2.45, 2.75) is 23.7 Å². The van der Waals surface area contributed by atoms with E-state index in [1.165, 1.54) is 0 Å². The van der Waals surface area contributed by atoms with Gasteiger partial charge >= 0.3 is 0 Å². The van der Waals surface area contributed by atoms with Gasteiger partial charge in [0.05, 0.1) is 5.69 Å². The molecule has 0 aliphatic carbocycles. The number of carbonyl (C=O) groups is 1. The summed E-state index contributed by atoms with van der Waals surface area (Å²) < 4.78 is 0. The van der Waals surface area contributed by atoms with Crippen molar-refractivity contribution >= 4 is 29.3 Å². The number of rotatable bonds is 5. The van der Waals surface area contributed by atoms with Gasteiger partial charge in [-0.15, -0.1) is 10.2 Å². The lowest BCUT2D eigenvalue weighted by Crippen LogP contribution is -2.51. The van der Waals surface area contributed by atoms with Crippen LogP contribution in [0.25, 0.3) is 11.3 Å². The Bertz CT molecular complexity index is 1010. The van der Waals surface area contributed by atoms with Crippen molar-refractivity contribution in [3.63, 3.8) is 0 Å². The normalized spacial score (nSPS) is 16.5. The summed E-state index contributed by atoms with van der Waals surface area (Å²) in [6.45, 7) is 4.43. The molecule has 4 rings (SSSR count). The molecule has 1 aliphatic rings. The maximum absolute atomic E-state index is 12.8. The molecule has 2 heterocycles. The predicted molar refractivity (Wildman–Crippen MR) is 122 cm³/mol.